The maximum absolute atomic E-state index is 6.36. The summed E-state index contributed by atoms with van der Waals surface area (Å²) in [4.78, 5) is 0. The molecule has 5 nitrogen and oxygen atoms in total. The van der Waals surface area contributed by atoms with Crippen LogP contribution in [0.2, 0.25) is 5.02 Å². The maximum atomic E-state index is 6.36. The van der Waals surface area contributed by atoms with Crippen LogP contribution in [0.5, 0.6) is 0 Å². The van der Waals surface area contributed by atoms with Gasteiger partial charge in [0.2, 0.25) is 0 Å². The van der Waals surface area contributed by atoms with Crippen molar-refractivity contribution in [2.45, 2.75) is 0 Å². The zero-order valence-corrected chi connectivity index (χ0v) is 12.7. The van der Waals surface area contributed by atoms with Crippen molar-refractivity contribution in [2.75, 3.05) is 5.73 Å². The van der Waals surface area contributed by atoms with Gasteiger partial charge in [-0.1, -0.05) is 60.1 Å². The first-order chi connectivity index (χ1) is 11.3. The number of rotatable bonds is 2. The van der Waals surface area contributed by atoms with E-state index in [4.69, 9.17) is 17.3 Å². The van der Waals surface area contributed by atoms with E-state index in [1.54, 1.807) is 0 Å². The van der Waals surface area contributed by atoms with Crippen molar-refractivity contribution >= 4 is 28.5 Å². The Labute approximate surface area is 137 Å². The van der Waals surface area contributed by atoms with E-state index >= 15 is 0 Å². The molecule has 112 valence electrons. The summed E-state index contributed by atoms with van der Waals surface area (Å²) in [5.74, 6) is 0.391. The van der Waals surface area contributed by atoms with Gasteiger partial charge in [0.05, 0.1) is 10.4 Å². The van der Waals surface area contributed by atoms with Crippen molar-refractivity contribution in [1.82, 2.24) is 20.4 Å². The number of anilines is 1. The molecule has 0 amide bonds. The van der Waals surface area contributed by atoms with Gasteiger partial charge in [-0.2, -0.15) is 5.10 Å². The summed E-state index contributed by atoms with van der Waals surface area (Å²) in [5.41, 5.74) is 9.95. The van der Waals surface area contributed by atoms with Gasteiger partial charge in [-0.15, -0.1) is 10.2 Å². The van der Waals surface area contributed by atoms with Gasteiger partial charge in [0, 0.05) is 11.1 Å². The van der Waals surface area contributed by atoms with Crippen LogP contribution >= 0.6 is 11.6 Å². The van der Waals surface area contributed by atoms with Gasteiger partial charge in [-0.3, -0.25) is 5.10 Å². The first-order valence-electron chi connectivity index (χ1n) is 7.06. The highest BCUT2D eigenvalue weighted by Gasteiger charge is 2.19. The van der Waals surface area contributed by atoms with Crippen LogP contribution in [0.3, 0.4) is 0 Å². The molecular weight excluding hydrogens is 310 g/mol. The third-order valence-electron chi connectivity index (χ3n) is 3.70. The fourth-order valence-electron chi connectivity index (χ4n) is 2.66. The molecule has 0 fully saturated rings. The standard InChI is InChI=1S/C17H12ClN5/c18-12-9-5-4-8-11(12)15-13(10-6-2-1-3-7-10)14-16(19)21-23-17(14)22-20-15/h1-9H,(H3,19,21,22,23). The Hall–Kier alpha value is -2.92. The first-order valence-corrected chi connectivity index (χ1v) is 7.44. The number of aromatic nitrogens is 4. The van der Waals surface area contributed by atoms with Crippen LogP contribution < -0.4 is 5.73 Å². The highest BCUT2D eigenvalue weighted by Crippen LogP contribution is 2.39. The lowest BCUT2D eigenvalue weighted by Crippen LogP contribution is -1.96. The summed E-state index contributed by atoms with van der Waals surface area (Å²) in [6.07, 6.45) is 0. The number of hydrogen-bond donors (Lipinski definition) is 2. The molecule has 0 aliphatic heterocycles. The fourth-order valence-corrected chi connectivity index (χ4v) is 2.89. The Kier molecular flexibility index (Phi) is 3.20. The van der Waals surface area contributed by atoms with E-state index in [1.807, 2.05) is 54.6 Å². The van der Waals surface area contributed by atoms with Crippen LogP contribution in [0, 0.1) is 0 Å². The normalized spacial score (nSPS) is 11.0. The highest BCUT2D eigenvalue weighted by molar-refractivity contribution is 6.33. The molecule has 4 aromatic rings. The van der Waals surface area contributed by atoms with Gasteiger partial charge in [0.1, 0.15) is 5.69 Å². The first kappa shape index (κ1) is 13.7. The monoisotopic (exact) mass is 321 g/mol. The molecule has 4 rings (SSSR count). The average molecular weight is 322 g/mol. The van der Waals surface area contributed by atoms with Gasteiger partial charge in [0.25, 0.3) is 0 Å². The summed E-state index contributed by atoms with van der Waals surface area (Å²) in [5, 5.41) is 16.8. The van der Waals surface area contributed by atoms with E-state index in [-0.39, 0.29) is 0 Å². The van der Waals surface area contributed by atoms with Gasteiger partial charge >= 0.3 is 0 Å². The Morgan fingerprint density at radius 1 is 0.913 bits per heavy atom. The minimum absolute atomic E-state index is 0.391. The summed E-state index contributed by atoms with van der Waals surface area (Å²) in [6, 6.07) is 17.4. The second kappa shape index (κ2) is 5.37. The topological polar surface area (TPSA) is 80.5 Å². The minimum Gasteiger partial charge on any atom is -0.382 e. The lowest BCUT2D eigenvalue weighted by Gasteiger charge is -2.11. The van der Waals surface area contributed by atoms with Crippen LogP contribution in [0.1, 0.15) is 0 Å². The van der Waals surface area contributed by atoms with Crippen LogP contribution in [0.4, 0.5) is 5.82 Å². The lowest BCUT2D eigenvalue weighted by atomic mass is 9.97. The van der Waals surface area contributed by atoms with Crippen molar-refractivity contribution in [3.8, 4) is 22.4 Å². The predicted molar refractivity (Wildman–Crippen MR) is 92.0 cm³/mol. The molecule has 0 bridgehead atoms. The van der Waals surface area contributed by atoms with E-state index < -0.39 is 0 Å². The van der Waals surface area contributed by atoms with Gasteiger partial charge in [-0.25, -0.2) is 0 Å². The molecule has 0 radical (unpaired) electrons. The zero-order valence-electron chi connectivity index (χ0n) is 12.0. The number of aromatic amines is 1. The quantitative estimate of drug-likeness (QED) is 0.586. The number of nitrogen functional groups attached to an aromatic ring is 1. The van der Waals surface area contributed by atoms with Crippen LogP contribution in [0.25, 0.3) is 33.4 Å². The van der Waals surface area contributed by atoms with Crippen LogP contribution in [-0.2, 0) is 0 Å². The number of fused-ring (bicyclic) bond motifs is 1. The van der Waals surface area contributed by atoms with Gasteiger partial charge in [-0.05, 0) is 11.6 Å². The highest BCUT2D eigenvalue weighted by atomic mass is 35.5. The van der Waals surface area contributed by atoms with Crippen LogP contribution in [-0.4, -0.2) is 20.4 Å². The molecular formula is C17H12ClN5. The van der Waals surface area contributed by atoms with Gasteiger partial charge in [0.15, 0.2) is 11.5 Å². The smallest absolute Gasteiger partial charge is 0.180 e. The summed E-state index contributed by atoms with van der Waals surface area (Å²) >= 11 is 6.36. The third kappa shape index (κ3) is 2.22. The number of nitrogens with two attached hydrogens (primary N) is 1. The molecule has 3 N–H and O–H groups in total. The maximum Gasteiger partial charge on any atom is 0.180 e. The van der Waals surface area contributed by atoms with Crippen molar-refractivity contribution < 1.29 is 0 Å². The number of H-pyrrole nitrogens is 1. The number of nitrogens with one attached hydrogen (secondary N) is 1. The Morgan fingerprint density at radius 3 is 2.43 bits per heavy atom. The van der Waals surface area contributed by atoms with Crippen LogP contribution in [0.15, 0.2) is 54.6 Å². The Morgan fingerprint density at radius 2 is 1.65 bits per heavy atom. The molecule has 0 unspecified atom stereocenters. The number of benzene rings is 2. The number of halogens is 1. The SMILES string of the molecule is Nc1n[nH]c2nnc(-c3ccccc3Cl)c(-c3ccccc3)c12. The van der Waals surface area contributed by atoms with Crippen molar-refractivity contribution in [1.29, 1.82) is 0 Å². The number of hydrogen-bond acceptors (Lipinski definition) is 4. The largest absolute Gasteiger partial charge is 0.382 e. The summed E-state index contributed by atoms with van der Waals surface area (Å²) in [6.45, 7) is 0. The Bertz CT molecular complexity index is 994. The predicted octanol–water partition coefficient (Wildman–Crippen LogP) is 3.92. The van der Waals surface area contributed by atoms with E-state index in [0.717, 1.165) is 22.1 Å². The lowest BCUT2D eigenvalue weighted by molar-refractivity contribution is 1.03. The minimum atomic E-state index is 0.391. The molecule has 0 atom stereocenters. The molecule has 0 spiro atoms. The Balaban J connectivity index is 2.13. The van der Waals surface area contributed by atoms with Gasteiger partial charge < -0.3 is 5.73 Å². The molecule has 23 heavy (non-hydrogen) atoms. The molecule has 0 saturated heterocycles. The van der Waals surface area contributed by atoms with Crippen molar-refractivity contribution in [3.63, 3.8) is 0 Å². The second-order valence-corrected chi connectivity index (χ2v) is 5.51. The molecule has 0 aliphatic rings. The average Bonchev–Trinajstić information content (AvgIpc) is 2.97. The fraction of sp³-hybridized carbons (Fsp3) is 0. The van der Waals surface area contributed by atoms with E-state index in [2.05, 4.69) is 20.4 Å². The third-order valence-corrected chi connectivity index (χ3v) is 4.03. The summed E-state index contributed by atoms with van der Waals surface area (Å²) in [7, 11) is 0. The van der Waals surface area contributed by atoms with E-state index in [9.17, 15) is 0 Å². The summed E-state index contributed by atoms with van der Waals surface area (Å²) < 4.78 is 0. The zero-order chi connectivity index (χ0) is 15.8. The molecule has 0 saturated carbocycles. The molecule has 2 aromatic carbocycles. The van der Waals surface area contributed by atoms with Crippen molar-refractivity contribution in [3.05, 3.63) is 59.6 Å². The molecule has 2 aromatic heterocycles. The van der Waals surface area contributed by atoms with Crippen molar-refractivity contribution in [2.24, 2.45) is 0 Å². The molecule has 2 heterocycles. The van der Waals surface area contributed by atoms with E-state index in [1.165, 1.54) is 0 Å². The number of nitrogens with zero attached hydrogens (tertiary/aromatic N) is 3. The van der Waals surface area contributed by atoms with E-state index in [0.29, 0.717) is 22.2 Å². The second-order valence-electron chi connectivity index (χ2n) is 5.10. The molecule has 6 heteroatoms. The molecule has 0 aliphatic carbocycles.